The van der Waals surface area contributed by atoms with E-state index in [0.29, 0.717) is 12.1 Å². The molecule has 3 aliphatic rings. The maximum absolute atomic E-state index is 9.45. The smallest absolute Gasteiger partial charge is 0.105 e. The Balaban J connectivity index is 1.59. The molecule has 0 aromatic carbocycles. The minimum absolute atomic E-state index is 0.331. The van der Waals surface area contributed by atoms with Gasteiger partial charge in [0.25, 0.3) is 0 Å². The number of nitrogens with zero attached hydrogens (tertiary/aromatic N) is 2. The number of rotatable bonds is 5. The van der Waals surface area contributed by atoms with E-state index in [2.05, 4.69) is 30.1 Å². The van der Waals surface area contributed by atoms with Gasteiger partial charge in [0.15, 0.2) is 0 Å². The molecule has 2 saturated carbocycles. The van der Waals surface area contributed by atoms with Gasteiger partial charge in [-0.05, 0) is 58.3 Å². The molecule has 3 nitrogen and oxygen atoms in total. The predicted octanol–water partition coefficient (Wildman–Crippen LogP) is 2.28. The Morgan fingerprint density at radius 1 is 1.39 bits per heavy atom. The predicted molar refractivity (Wildman–Crippen MR) is 72.1 cm³/mol. The van der Waals surface area contributed by atoms with Crippen molar-refractivity contribution < 1.29 is 0 Å². The Labute approximate surface area is 111 Å². The molecule has 1 heterocycles. The highest BCUT2D eigenvalue weighted by atomic mass is 15.2. The second-order valence-corrected chi connectivity index (χ2v) is 6.95. The highest BCUT2D eigenvalue weighted by molar-refractivity contribution is 5.09. The van der Waals surface area contributed by atoms with Gasteiger partial charge in [0.1, 0.15) is 5.54 Å². The molecule has 3 fully saturated rings. The van der Waals surface area contributed by atoms with Crippen molar-refractivity contribution in [3.8, 4) is 6.07 Å². The lowest BCUT2D eigenvalue weighted by atomic mass is 9.93. The van der Waals surface area contributed by atoms with Gasteiger partial charge in [-0.15, -0.1) is 0 Å². The van der Waals surface area contributed by atoms with Crippen LogP contribution in [0.5, 0.6) is 0 Å². The molecule has 100 valence electrons. The molecule has 0 spiro atoms. The summed E-state index contributed by atoms with van der Waals surface area (Å²) in [6.45, 7) is 5.66. The Hall–Kier alpha value is -0.590. The maximum atomic E-state index is 9.45. The van der Waals surface area contributed by atoms with Crippen molar-refractivity contribution in [2.75, 3.05) is 6.54 Å². The van der Waals surface area contributed by atoms with E-state index in [-0.39, 0.29) is 5.54 Å². The molecule has 1 saturated heterocycles. The first-order valence-electron chi connectivity index (χ1n) is 7.54. The Morgan fingerprint density at radius 2 is 2.17 bits per heavy atom. The van der Waals surface area contributed by atoms with Gasteiger partial charge >= 0.3 is 0 Å². The first-order valence-corrected chi connectivity index (χ1v) is 7.54. The third-order valence-electron chi connectivity index (χ3n) is 5.07. The third kappa shape index (κ3) is 2.41. The molecule has 0 amide bonds. The normalized spacial score (nSPS) is 36.3. The number of hydrogen-bond acceptors (Lipinski definition) is 3. The van der Waals surface area contributed by atoms with Crippen LogP contribution in [0.3, 0.4) is 0 Å². The number of nitriles is 1. The van der Waals surface area contributed by atoms with Crippen molar-refractivity contribution in [3.05, 3.63) is 0 Å². The highest BCUT2D eigenvalue weighted by Gasteiger charge is 2.42. The second-order valence-electron chi connectivity index (χ2n) is 6.95. The molecule has 1 N–H and O–H groups in total. The summed E-state index contributed by atoms with van der Waals surface area (Å²) in [6.07, 6.45) is 7.69. The number of fused-ring (bicyclic) bond motifs is 2. The van der Waals surface area contributed by atoms with Crippen molar-refractivity contribution in [3.63, 3.8) is 0 Å². The zero-order valence-corrected chi connectivity index (χ0v) is 11.7. The average Bonchev–Trinajstić information content (AvgIpc) is 2.91. The van der Waals surface area contributed by atoms with Crippen LogP contribution in [-0.2, 0) is 0 Å². The lowest BCUT2D eigenvalue weighted by Gasteiger charge is -2.36. The van der Waals surface area contributed by atoms with Crippen LogP contribution in [0.4, 0.5) is 0 Å². The Morgan fingerprint density at radius 3 is 2.67 bits per heavy atom. The number of piperidine rings is 1. The summed E-state index contributed by atoms with van der Waals surface area (Å²) in [6, 6.07) is 4.47. The standard InChI is InChI=1S/C15H25N3/c1-11(18-9-12-3-6-14(18)7-12)8-15(2,10-16)17-13-4-5-13/h11-14,17H,3-9H2,1-2H3. The van der Waals surface area contributed by atoms with E-state index in [1.807, 2.05) is 0 Å². The summed E-state index contributed by atoms with van der Waals surface area (Å²) in [4.78, 5) is 2.67. The van der Waals surface area contributed by atoms with E-state index in [0.717, 1.165) is 18.4 Å². The summed E-state index contributed by atoms with van der Waals surface area (Å²) in [5.74, 6) is 0.946. The molecule has 18 heavy (non-hydrogen) atoms. The fourth-order valence-corrected chi connectivity index (χ4v) is 4.03. The van der Waals surface area contributed by atoms with Gasteiger partial charge in [0, 0.05) is 24.7 Å². The van der Waals surface area contributed by atoms with Gasteiger partial charge in [0.2, 0.25) is 0 Å². The quantitative estimate of drug-likeness (QED) is 0.810. The number of likely N-dealkylation sites (tertiary alicyclic amines) is 1. The topological polar surface area (TPSA) is 39.1 Å². The third-order valence-corrected chi connectivity index (χ3v) is 5.07. The van der Waals surface area contributed by atoms with Crippen molar-refractivity contribution in [1.82, 2.24) is 10.2 Å². The molecule has 0 aromatic rings. The highest BCUT2D eigenvalue weighted by Crippen LogP contribution is 2.39. The molecule has 2 bridgehead atoms. The van der Waals surface area contributed by atoms with Crippen molar-refractivity contribution in [2.45, 2.75) is 76.0 Å². The van der Waals surface area contributed by atoms with Crippen LogP contribution in [0.25, 0.3) is 0 Å². The SMILES string of the molecule is CC(CC(C)(C#N)NC1CC1)N1CC2CCC1C2. The molecule has 0 radical (unpaired) electrons. The second kappa shape index (κ2) is 4.51. The van der Waals surface area contributed by atoms with Gasteiger partial charge in [-0.25, -0.2) is 0 Å². The molecule has 4 atom stereocenters. The van der Waals surface area contributed by atoms with E-state index in [9.17, 15) is 5.26 Å². The van der Waals surface area contributed by atoms with Crippen molar-refractivity contribution >= 4 is 0 Å². The summed E-state index contributed by atoms with van der Waals surface area (Å²) >= 11 is 0. The molecule has 4 unspecified atom stereocenters. The lowest BCUT2D eigenvalue weighted by molar-refractivity contribution is 0.135. The summed E-state index contributed by atoms with van der Waals surface area (Å²) in [7, 11) is 0. The summed E-state index contributed by atoms with van der Waals surface area (Å²) < 4.78 is 0. The van der Waals surface area contributed by atoms with E-state index >= 15 is 0 Å². The fraction of sp³-hybridized carbons (Fsp3) is 0.933. The monoisotopic (exact) mass is 247 g/mol. The molecule has 3 heteroatoms. The van der Waals surface area contributed by atoms with Crippen molar-refractivity contribution in [2.24, 2.45) is 5.92 Å². The van der Waals surface area contributed by atoms with Crippen LogP contribution >= 0.6 is 0 Å². The Bertz CT molecular complexity index is 357. The lowest BCUT2D eigenvalue weighted by Crippen LogP contribution is -2.49. The zero-order valence-electron chi connectivity index (χ0n) is 11.7. The van der Waals surface area contributed by atoms with E-state index < -0.39 is 0 Å². The minimum atomic E-state index is -0.331. The molecular weight excluding hydrogens is 222 g/mol. The maximum Gasteiger partial charge on any atom is 0.105 e. The number of nitrogens with one attached hydrogen (secondary N) is 1. The van der Waals surface area contributed by atoms with Crippen LogP contribution in [0.15, 0.2) is 0 Å². The summed E-state index contributed by atoms with van der Waals surface area (Å²) in [5, 5.41) is 13.0. The van der Waals surface area contributed by atoms with Gasteiger partial charge in [-0.2, -0.15) is 5.26 Å². The van der Waals surface area contributed by atoms with Crippen LogP contribution in [0.2, 0.25) is 0 Å². The molecule has 0 aromatic heterocycles. The first kappa shape index (κ1) is 12.4. The Kier molecular flexibility index (Phi) is 3.11. The van der Waals surface area contributed by atoms with E-state index in [4.69, 9.17) is 0 Å². The van der Waals surface area contributed by atoms with E-state index in [1.54, 1.807) is 0 Å². The van der Waals surface area contributed by atoms with Crippen LogP contribution < -0.4 is 5.32 Å². The van der Waals surface area contributed by atoms with Crippen LogP contribution in [0.1, 0.15) is 52.4 Å². The van der Waals surface area contributed by atoms with Gasteiger partial charge in [0.05, 0.1) is 6.07 Å². The fourth-order valence-electron chi connectivity index (χ4n) is 4.03. The van der Waals surface area contributed by atoms with Gasteiger partial charge < -0.3 is 0 Å². The summed E-state index contributed by atoms with van der Waals surface area (Å²) in [5.41, 5.74) is -0.331. The first-order chi connectivity index (χ1) is 8.59. The van der Waals surface area contributed by atoms with E-state index in [1.165, 1.54) is 38.6 Å². The molecule has 2 aliphatic carbocycles. The minimum Gasteiger partial charge on any atom is -0.297 e. The van der Waals surface area contributed by atoms with Gasteiger partial charge in [-0.3, -0.25) is 10.2 Å². The largest absolute Gasteiger partial charge is 0.297 e. The molecule has 3 rings (SSSR count). The average molecular weight is 247 g/mol. The molecule has 1 aliphatic heterocycles. The van der Waals surface area contributed by atoms with Gasteiger partial charge in [-0.1, -0.05) is 0 Å². The van der Waals surface area contributed by atoms with Crippen LogP contribution in [-0.4, -0.2) is 35.1 Å². The zero-order chi connectivity index (χ0) is 12.8. The van der Waals surface area contributed by atoms with Crippen LogP contribution in [0, 0.1) is 17.2 Å². The van der Waals surface area contributed by atoms with Crippen molar-refractivity contribution in [1.29, 1.82) is 5.26 Å². The number of hydrogen-bond donors (Lipinski definition) is 1. The molecular formula is C15H25N3.